The highest BCUT2D eigenvalue weighted by atomic mass is 16.5. The van der Waals surface area contributed by atoms with E-state index in [0.717, 1.165) is 51.6 Å². The van der Waals surface area contributed by atoms with Crippen LogP contribution in [0.15, 0.2) is 0 Å². The second kappa shape index (κ2) is 6.57. The molecule has 1 unspecified atom stereocenters. The lowest BCUT2D eigenvalue weighted by molar-refractivity contribution is -0.160. The number of esters is 1. The van der Waals surface area contributed by atoms with Crippen molar-refractivity contribution < 1.29 is 14.3 Å². The number of hydrogen-bond donors (Lipinski definition) is 1. The molecule has 2 rings (SSSR count). The smallest absolute Gasteiger partial charge is 0.328 e. The van der Waals surface area contributed by atoms with Gasteiger partial charge in [0.05, 0.1) is 12.5 Å². The molecular formula is C15H26N2O3. The van der Waals surface area contributed by atoms with E-state index < -0.39 is 0 Å². The SMILES string of the molecule is CCC1(C(=O)N2CCCCC2C(=O)OC)CCNCC1. The van der Waals surface area contributed by atoms with Gasteiger partial charge in [0, 0.05) is 6.54 Å². The van der Waals surface area contributed by atoms with E-state index >= 15 is 0 Å². The molecule has 0 radical (unpaired) electrons. The highest BCUT2D eigenvalue weighted by Gasteiger charge is 2.44. The fourth-order valence-electron chi connectivity index (χ4n) is 3.48. The van der Waals surface area contributed by atoms with Gasteiger partial charge < -0.3 is 15.0 Å². The van der Waals surface area contributed by atoms with Gasteiger partial charge in [-0.1, -0.05) is 6.92 Å². The molecule has 5 nitrogen and oxygen atoms in total. The summed E-state index contributed by atoms with van der Waals surface area (Å²) in [6.07, 6.45) is 5.29. The van der Waals surface area contributed by atoms with E-state index in [4.69, 9.17) is 4.74 Å². The van der Waals surface area contributed by atoms with Crippen LogP contribution in [0.5, 0.6) is 0 Å². The van der Waals surface area contributed by atoms with Crippen molar-refractivity contribution in [3.8, 4) is 0 Å². The third-order valence-corrected chi connectivity index (χ3v) is 4.93. The average molecular weight is 282 g/mol. The van der Waals surface area contributed by atoms with Gasteiger partial charge in [-0.25, -0.2) is 4.79 Å². The first kappa shape index (κ1) is 15.3. The number of likely N-dealkylation sites (tertiary alicyclic amines) is 1. The molecule has 2 aliphatic heterocycles. The van der Waals surface area contributed by atoms with E-state index in [1.54, 1.807) is 4.90 Å². The first-order valence-corrected chi connectivity index (χ1v) is 7.74. The van der Waals surface area contributed by atoms with Crippen LogP contribution < -0.4 is 5.32 Å². The minimum Gasteiger partial charge on any atom is -0.467 e. The fourth-order valence-corrected chi connectivity index (χ4v) is 3.48. The molecule has 0 aliphatic carbocycles. The van der Waals surface area contributed by atoms with E-state index in [-0.39, 0.29) is 23.3 Å². The van der Waals surface area contributed by atoms with Crippen LogP contribution in [0.3, 0.4) is 0 Å². The molecule has 2 fully saturated rings. The number of nitrogens with one attached hydrogen (secondary N) is 1. The molecule has 0 aromatic carbocycles. The van der Waals surface area contributed by atoms with Gasteiger partial charge >= 0.3 is 5.97 Å². The molecule has 2 aliphatic rings. The Kier molecular flexibility index (Phi) is 5.02. The first-order valence-electron chi connectivity index (χ1n) is 7.74. The third kappa shape index (κ3) is 2.82. The number of ether oxygens (including phenoxy) is 1. The van der Waals surface area contributed by atoms with Crippen molar-refractivity contribution in [3.05, 3.63) is 0 Å². The summed E-state index contributed by atoms with van der Waals surface area (Å²) in [7, 11) is 1.40. The molecule has 0 spiro atoms. The monoisotopic (exact) mass is 282 g/mol. The number of nitrogens with zero attached hydrogens (tertiary/aromatic N) is 1. The van der Waals surface area contributed by atoms with Crippen molar-refractivity contribution in [1.82, 2.24) is 10.2 Å². The highest BCUT2D eigenvalue weighted by molar-refractivity contribution is 5.88. The minimum atomic E-state index is -0.375. The van der Waals surface area contributed by atoms with Crippen LogP contribution in [0, 0.1) is 5.41 Å². The number of methoxy groups -OCH3 is 1. The molecule has 5 heteroatoms. The number of rotatable bonds is 3. The van der Waals surface area contributed by atoms with Crippen LogP contribution >= 0.6 is 0 Å². The molecule has 1 amide bonds. The Bertz CT molecular complexity index is 364. The molecule has 0 aromatic heterocycles. The van der Waals surface area contributed by atoms with Crippen molar-refractivity contribution in [3.63, 3.8) is 0 Å². The molecule has 1 N–H and O–H groups in total. The van der Waals surface area contributed by atoms with Gasteiger partial charge in [0.25, 0.3) is 0 Å². The van der Waals surface area contributed by atoms with Gasteiger partial charge in [0.1, 0.15) is 6.04 Å². The normalized spacial score (nSPS) is 26.1. The summed E-state index contributed by atoms with van der Waals surface area (Å²) in [6, 6.07) is -0.375. The van der Waals surface area contributed by atoms with Crippen molar-refractivity contribution >= 4 is 11.9 Å². The maximum Gasteiger partial charge on any atom is 0.328 e. The number of hydrogen-bond acceptors (Lipinski definition) is 4. The van der Waals surface area contributed by atoms with E-state index in [0.29, 0.717) is 6.54 Å². The molecule has 2 saturated heterocycles. The average Bonchev–Trinajstić information content (AvgIpc) is 2.54. The molecule has 2 heterocycles. The number of amides is 1. The van der Waals surface area contributed by atoms with Crippen molar-refractivity contribution in [2.45, 2.75) is 51.5 Å². The van der Waals surface area contributed by atoms with Gasteiger partial charge in [0.2, 0.25) is 5.91 Å². The molecule has 0 aromatic rings. The van der Waals surface area contributed by atoms with Gasteiger partial charge in [-0.3, -0.25) is 4.79 Å². The summed E-state index contributed by atoms with van der Waals surface area (Å²) in [5, 5.41) is 3.31. The third-order valence-electron chi connectivity index (χ3n) is 4.93. The Morgan fingerprint density at radius 3 is 2.60 bits per heavy atom. The van der Waals surface area contributed by atoms with Crippen molar-refractivity contribution in [1.29, 1.82) is 0 Å². The lowest BCUT2D eigenvalue weighted by Crippen LogP contribution is -2.55. The number of carbonyl (C=O) groups is 2. The zero-order chi connectivity index (χ0) is 14.6. The first-order chi connectivity index (χ1) is 9.64. The van der Waals surface area contributed by atoms with E-state index in [1.165, 1.54) is 7.11 Å². The second-order valence-corrected chi connectivity index (χ2v) is 5.92. The standard InChI is InChI=1S/C15H26N2O3/c1-3-15(7-9-16-10-8-15)14(19)17-11-5-4-6-12(17)13(18)20-2/h12,16H,3-11H2,1-2H3. The Balaban J connectivity index is 2.17. The lowest BCUT2D eigenvalue weighted by Gasteiger charge is -2.43. The molecule has 1 atom stereocenters. The molecule has 20 heavy (non-hydrogen) atoms. The number of piperidine rings is 2. The summed E-state index contributed by atoms with van der Waals surface area (Å²) < 4.78 is 4.88. The van der Waals surface area contributed by atoms with Gasteiger partial charge in [-0.15, -0.1) is 0 Å². The van der Waals surface area contributed by atoms with Crippen LogP contribution in [0.1, 0.15) is 45.4 Å². The Hall–Kier alpha value is -1.10. The summed E-state index contributed by atoms with van der Waals surface area (Å²) in [5.41, 5.74) is -0.283. The number of carbonyl (C=O) groups excluding carboxylic acids is 2. The molecule has 0 saturated carbocycles. The Morgan fingerprint density at radius 1 is 1.30 bits per heavy atom. The summed E-state index contributed by atoms with van der Waals surface area (Å²) >= 11 is 0. The largest absolute Gasteiger partial charge is 0.467 e. The highest BCUT2D eigenvalue weighted by Crippen LogP contribution is 2.36. The predicted molar refractivity (Wildman–Crippen MR) is 76.2 cm³/mol. The molecule has 114 valence electrons. The maximum atomic E-state index is 13.0. The zero-order valence-corrected chi connectivity index (χ0v) is 12.6. The van der Waals surface area contributed by atoms with E-state index in [9.17, 15) is 9.59 Å². The zero-order valence-electron chi connectivity index (χ0n) is 12.6. The summed E-state index contributed by atoms with van der Waals surface area (Å²) in [4.78, 5) is 26.8. The van der Waals surface area contributed by atoms with Crippen molar-refractivity contribution in [2.24, 2.45) is 5.41 Å². The van der Waals surface area contributed by atoms with E-state index in [2.05, 4.69) is 12.2 Å². The lowest BCUT2D eigenvalue weighted by atomic mass is 9.74. The Morgan fingerprint density at radius 2 is 2.00 bits per heavy atom. The summed E-state index contributed by atoms with van der Waals surface area (Å²) in [6.45, 7) is 4.54. The maximum absolute atomic E-state index is 13.0. The Labute approximate surface area is 121 Å². The minimum absolute atomic E-state index is 0.164. The molecule has 0 bridgehead atoms. The summed E-state index contributed by atoms with van der Waals surface area (Å²) in [5.74, 6) is -0.102. The van der Waals surface area contributed by atoms with Gasteiger partial charge in [0.15, 0.2) is 0 Å². The van der Waals surface area contributed by atoms with Crippen LogP contribution in [0.4, 0.5) is 0 Å². The van der Waals surface area contributed by atoms with Crippen LogP contribution in [-0.4, -0.2) is 49.6 Å². The van der Waals surface area contributed by atoms with E-state index in [1.807, 2.05) is 0 Å². The van der Waals surface area contributed by atoms with Crippen LogP contribution in [0.25, 0.3) is 0 Å². The fraction of sp³-hybridized carbons (Fsp3) is 0.867. The van der Waals surface area contributed by atoms with Crippen molar-refractivity contribution in [2.75, 3.05) is 26.7 Å². The predicted octanol–water partition coefficient (Wildman–Crippen LogP) is 1.32. The van der Waals surface area contributed by atoms with Gasteiger partial charge in [-0.05, 0) is 51.6 Å². The van der Waals surface area contributed by atoms with Crippen LogP contribution in [-0.2, 0) is 14.3 Å². The quantitative estimate of drug-likeness (QED) is 0.793. The van der Waals surface area contributed by atoms with Crippen LogP contribution in [0.2, 0.25) is 0 Å². The second-order valence-electron chi connectivity index (χ2n) is 5.92. The van der Waals surface area contributed by atoms with Gasteiger partial charge in [-0.2, -0.15) is 0 Å². The molecular weight excluding hydrogens is 256 g/mol. The topological polar surface area (TPSA) is 58.6 Å².